The van der Waals surface area contributed by atoms with Crippen LogP contribution in [0.2, 0.25) is 5.02 Å². The molecule has 16 nitrogen and oxygen atoms in total. The minimum absolute atomic E-state index is 0.0518. The Kier molecular flexibility index (Phi) is 12.4. The predicted octanol–water partition coefficient (Wildman–Crippen LogP) is 8.37. The molecule has 2 fully saturated rings. The van der Waals surface area contributed by atoms with Gasteiger partial charge in [0.05, 0.1) is 58.0 Å². The molecule has 20 heteroatoms. The molecule has 3 aliphatic heterocycles. The van der Waals surface area contributed by atoms with Gasteiger partial charge < -0.3 is 29.4 Å². The highest BCUT2D eigenvalue weighted by molar-refractivity contribution is 7.90. The topological polar surface area (TPSA) is 186 Å². The van der Waals surface area contributed by atoms with Gasteiger partial charge in [0, 0.05) is 79.6 Å². The van der Waals surface area contributed by atoms with Crippen molar-refractivity contribution < 1.29 is 41.1 Å². The van der Waals surface area contributed by atoms with Gasteiger partial charge in [0.1, 0.15) is 11.3 Å². The number of ether oxygens (including phenoxy) is 3. The summed E-state index contributed by atoms with van der Waals surface area (Å²) in [5.41, 5.74) is 5.62. The van der Waals surface area contributed by atoms with Crippen molar-refractivity contribution in [3.8, 4) is 11.6 Å². The van der Waals surface area contributed by atoms with Gasteiger partial charge in [-0.1, -0.05) is 43.2 Å². The average molecular weight is 986 g/mol. The van der Waals surface area contributed by atoms with Crippen LogP contribution < -0.4 is 19.7 Å². The van der Waals surface area contributed by atoms with Crippen molar-refractivity contribution in [1.29, 1.82) is 0 Å². The molecule has 3 aromatic carbocycles. The number of aromatic nitrogens is 3. The van der Waals surface area contributed by atoms with E-state index in [2.05, 4.69) is 50.8 Å². The third-order valence-corrected chi connectivity index (χ3v) is 15.0. The first-order valence-corrected chi connectivity index (χ1v) is 24.8. The molecule has 4 aliphatic rings. The number of piperazine rings is 1. The number of rotatable bonds is 12. The van der Waals surface area contributed by atoms with E-state index < -0.39 is 50.4 Å². The van der Waals surface area contributed by atoms with E-state index >= 15 is 8.78 Å². The summed E-state index contributed by atoms with van der Waals surface area (Å²) in [7, 11) is -4.74. The number of carbonyl (C=O) groups excluding carboxylic acids is 1. The fraction of sp³-hybridized carbons (Fsp3) is 0.388. The van der Waals surface area contributed by atoms with Crippen LogP contribution in [0.25, 0.3) is 33.3 Å². The molecule has 0 spiro atoms. The van der Waals surface area contributed by atoms with Crippen LogP contribution in [-0.2, 0) is 25.9 Å². The highest BCUT2D eigenvalue weighted by Crippen LogP contribution is 2.45. The Morgan fingerprint density at radius 3 is 2.57 bits per heavy atom. The van der Waals surface area contributed by atoms with Gasteiger partial charge in [0.15, 0.2) is 6.61 Å². The molecule has 69 heavy (non-hydrogen) atoms. The van der Waals surface area contributed by atoms with Crippen LogP contribution in [-0.4, -0.2) is 116 Å². The smallest absolute Gasteiger partial charge is 0.293 e. The third-order valence-electron chi connectivity index (χ3n) is 13.5. The Morgan fingerprint density at radius 1 is 1.01 bits per heavy atom. The number of carbonyl (C=O) groups is 1. The number of fused-ring (bicyclic) bond motifs is 4. The summed E-state index contributed by atoms with van der Waals surface area (Å²) in [6, 6.07) is 19.9. The first-order chi connectivity index (χ1) is 33.0. The number of nitro groups is 1. The molecule has 0 saturated carbocycles. The van der Waals surface area contributed by atoms with Crippen LogP contribution in [0.1, 0.15) is 54.6 Å². The molecule has 1 amide bonds. The lowest BCUT2D eigenvalue weighted by molar-refractivity contribution is -0.384. The van der Waals surface area contributed by atoms with Crippen molar-refractivity contribution in [3.05, 3.63) is 116 Å². The number of hydrogen-bond acceptors (Lipinski definition) is 12. The molecule has 362 valence electrons. The van der Waals surface area contributed by atoms with Crippen molar-refractivity contribution in [2.45, 2.75) is 56.5 Å². The summed E-state index contributed by atoms with van der Waals surface area (Å²) < 4.78 is 78.8. The normalized spacial score (nSPS) is 19.6. The van der Waals surface area contributed by atoms with E-state index in [9.17, 15) is 23.3 Å². The number of nitrogens with zero attached hydrogens (tertiary/aromatic N) is 5. The van der Waals surface area contributed by atoms with E-state index in [1.165, 1.54) is 28.8 Å². The number of aromatic amines is 1. The molecule has 0 unspecified atom stereocenters. The second-order valence-corrected chi connectivity index (χ2v) is 21.0. The van der Waals surface area contributed by atoms with Gasteiger partial charge >= 0.3 is 0 Å². The van der Waals surface area contributed by atoms with Crippen molar-refractivity contribution >= 4 is 72.2 Å². The summed E-state index contributed by atoms with van der Waals surface area (Å²) in [5.74, 6) is -4.22. The van der Waals surface area contributed by atoms with Gasteiger partial charge in [0.2, 0.25) is 5.88 Å². The number of nitro benzene ring substituents is 1. The Hall–Kier alpha value is -6.12. The maximum Gasteiger partial charge on any atom is 0.293 e. The number of sulfonamides is 1. The van der Waals surface area contributed by atoms with Gasteiger partial charge in [-0.2, -0.15) is 0 Å². The fourth-order valence-electron chi connectivity index (χ4n) is 9.83. The SMILES string of the molecule is CC1(C)CCC(CN2CCN(c3ccc(C(=O)NS(=O)(=O)c4ccc(NC[C@H]5COCCO5)c([N+](=O)[O-])c4)c(-n4c5c(c6nc7[nH]ccc7cc64)CC(F)(F)CO5)c3)CC2)=C(c2ccc(Cl)cc2)C1. The van der Waals surface area contributed by atoms with Crippen LogP contribution in [0.3, 0.4) is 0 Å². The maximum absolute atomic E-state index is 15.1. The molecule has 6 aromatic rings. The first kappa shape index (κ1) is 46.6. The number of allylic oxidation sites excluding steroid dienone is 1. The van der Waals surface area contributed by atoms with Crippen molar-refractivity contribution in [2.24, 2.45) is 5.41 Å². The highest BCUT2D eigenvalue weighted by Gasteiger charge is 2.41. The van der Waals surface area contributed by atoms with Crippen molar-refractivity contribution in [1.82, 2.24) is 24.2 Å². The van der Waals surface area contributed by atoms with Gasteiger partial charge in [-0.05, 0) is 90.4 Å². The quantitative estimate of drug-likeness (QED) is 0.0787. The third kappa shape index (κ3) is 9.62. The molecule has 1 atom stereocenters. The highest BCUT2D eigenvalue weighted by atomic mass is 35.5. The van der Waals surface area contributed by atoms with Gasteiger partial charge in [-0.15, -0.1) is 0 Å². The summed E-state index contributed by atoms with van der Waals surface area (Å²) in [6.45, 7) is 8.49. The Morgan fingerprint density at radius 2 is 1.81 bits per heavy atom. The largest absolute Gasteiger partial charge is 0.472 e. The number of amides is 1. The Balaban J connectivity index is 0.979. The monoisotopic (exact) mass is 984 g/mol. The van der Waals surface area contributed by atoms with Crippen LogP contribution in [0.4, 0.5) is 25.8 Å². The van der Waals surface area contributed by atoms with E-state index in [4.69, 9.17) is 30.8 Å². The summed E-state index contributed by atoms with van der Waals surface area (Å²) in [6.07, 6.45) is 3.68. The zero-order chi connectivity index (χ0) is 48.2. The van der Waals surface area contributed by atoms with Gasteiger partial charge in [0.25, 0.3) is 27.5 Å². The number of alkyl halides is 2. The Labute approximate surface area is 401 Å². The van der Waals surface area contributed by atoms with Crippen molar-refractivity contribution in [2.75, 3.05) is 75.9 Å². The number of pyridine rings is 1. The predicted molar refractivity (Wildman–Crippen MR) is 259 cm³/mol. The summed E-state index contributed by atoms with van der Waals surface area (Å²) in [4.78, 5) is 37.9. The number of benzene rings is 3. The fourth-order valence-corrected chi connectivity index (χ4v) is 10.9. The number of anilines is 2. The molecule has 0 radical (unpaired) electrons. The minimum Gasteiger partial charge on any atom is -0.472 e. The van der Waals surface area contributed by atoms with Crippen LogP contribution in [0.15, 0.2) is 89.5 Å². The average Bonchev–Trinajstić information content (AvgIpc) is 3.91. The zero-order valence-electron chi connectivity index (χ0n) is 38.0. The van der Waals surface area contributed by atoms with E-state index in [0.29, 0.717) is 53.6 Å². The van der Waals surface area contributed by atoms with E-state index in [1.54, 1.807) is 35.0 Å². The van der Waals surface area contributed by atoms with E-state index in [1.807, 2.05) is 12.1 Å². The van der Waals surface area contributed by atoms with E-state index in [0.717, 1.165) is 51.0 Å². The van der Waals surface area contributed by atoms with Crippen LogP contribution in [0.5, 0.6) is 5.88 Å². The number of nitrogens with one attached hydrogen (secondary N) is 3. The molecular formula is C49H51ClF2N8O8S. The van der Waals surface area contributed by atoms with Gasteiger partial charge in [-0.3, -0.25) is 24.4 Å². The second-order valence-electron chi connectivity index (χ2n) is 18.9. The zero-order valence-corrected chi connectivity index (χ0v) is 39.6. The van der Waals surface area contributed by atoms with Crippen LogP contribution >= 0.6 is 11.6 Å². The maximum atomic E-state index is 15.1. The summed E-state index contributed by atoms with van der Waals surface area (Å²) in [5, 5.41) is 16.5. The number of halogens is 3. The summed E-state index contributed by atoms with van der Waals surface area (Å²) >= 11 is 6.26. The van der Waals surface area contributed by atoms with Gasteiger partial charge in [-0.25, -0.2) is 26.9 Å². The molecule has 6 heterocycles. The number of hydrogen-bond donors (Lipinski definition) is 3. The first-order valence-electron chi connectivity index (χ1n) is 22.9. The molecule has 3 aromatic heterocycles. The number of H-pyrrole nitrogens is 1. The van der Waals surface area contributed by atoms with Crippen LogP contribution in [0, 0.1) is 15.5 Å². The van der Waals surface area contributed by atoms with Crippen molar-refractivity contribution in [3.63, 3.8) is 0 Å². The molecule has 10 rings (SSSR count). The standard InChI is InChI=1S/C49H51ClF2N8O8S/c1-48(2)13-11-32(38(24-48)30-3-5-33(50)6-4-30)27-57-15-17-58(18-16-57)34-7-9-37(41(22-34)59-43-21-31-12-14-53-45(31)55-44(43)39-25-49(51,52)29-68-47(39)59)46(61)56-69(64,65)36-8-10-40(42(23-36)60(62)63)54-26-35-28-66-19-20-67-35/h3-10,12,14,21-23,35,54H,11,13,15-20,24-29H2,1-2H3,(H,53,55)(H,56,61)/t35-/m0/s1. The van der Waals surface area contributed by atoms with E-state index in [-0.39, 0.29) is 58.6 Å². The lowest BCUT2D eigenvalue weighted by Crippen LogP contribution is -2.47. The Bertz CT molecular complexity index is 3130. The molecule has 0 bridgehead atoms. The lowest BCUT2D eigenvalue weighted by atomic mass is 9.72. The molecule has 1 aliphatic carbocycles. The molecule has 3 N–H and O–H groups in total. The minimum atomic E-state index is -4.74. The lowest BCUT2D eigenvalue weighted by Gasteiger charge is -2.39. The molecular weight excluding hydrogens is 934 g/mol. The second kappa shape index (κ2) is 18.3. The molecule has 2 saturated heterocycles.